The van der Waals surface area contributed by atoms with Gasteiger partial charge in [0.05, 0.1) is 0 Å². The molecule has 206 valence electrons. The third-order valence-corrected chi connectivity index (χ3v) is 7.47. The van der Waals surface area contributed by atoms with Crippen molar-refractivity contribution in [1.82, 2.24) is 0 Å². The Morgan fingerprint density at radius 2 is 1.34 bits per heavy atom. The van der Waals surface area contributed by atoms with Gasteiger partial charge in [-0.05, 0) is 75.8 Å². The van der Waals surface area contributed by atoms with E-state index >= 15 is 0 Å². The Balaban J connectivity index is 1.68. The van der Waals surface area contributed by atoms with Crippen LogP contribution in [0.2, 0.25) is 0 Å². The molecule has 1 aromatic heterocycles. The predicted molar refractivity (Wildman–Crippen MR) is 162 cm³/mol. The van der Waals surface area contributed by atoms with Gasteiger partial charge < -0.3 is 9.15 Å². The number of fused-ring (bicyclic) bond motifs is 1. The van der Waals surface area contributed by atoms with E-state index < -0.39 is 0 Å². The molecule has 0 aliphatic heterocycles. The van der Waals surface area contributed by atoms with Gasteiger partial charge in [-0.3, -0.25) is 0 Å². The molecule has 0 aliphatic rings. The largest absolute Gasteiger partial charge is 0.489 e. The fraction of sp³-hybridized carbons (Fsp3) is 0.514. The zero-order chi connectivity index (χ0) is 28.5. The van der Waals surface area contributed by atoms with Crippen LogP contribution >= 0.6 is 0 Å². The zero-order valence-corrected chi connectivity index (χ0v) is 25.5. The number of aryl methyl sites for hydroxylation is 1. The van der Waals surface area contributed by atoms with Gasteiger partial charge >= 0.3 is 5.63 Å². The first-order valence-corrected chi connectivity index (χ1v) is 13.9. The van der Waals surface area contributed by atoms with Crippen molar-refractivity contribution in [2.75, 3.05) is 6.61 Å². The highest BCUT2D eigenvalue weighted by Crippen LogP contribution is 2.41. The van der Waals surface area contributed by atoms with E-state index in [4.69, 9.17) is 9.15 Å². The Bertz CT molecular complexity index is 1320. The van der Waals surface area contributed by atoms with Crippen molar-refractivity contribution in [2.45, 2.75) is 105 Å². The van der Waals surface area contributed by atoms with E-state index in [0.717, 1.165) is 23.8 Å². The predicted octanol–water partition coefficient (Wildman–Crippen LogP) is 9.42. The van der Waals surface area contributed by atoms with Gasteiger partial charge in [0.15, 0.2) is 0 Å². The van der Waals surface area contributed by atoms with Gasteiger partial charge in [0, 0.05) is 17.5 Å². The molecule has 0 fully saturated rings. The fourth-order valence-electron chi connectivity index (χ4n) is 5.26. The second kappa shape index (κ2) is 10.8. The summed E-state index contributed by atoms with van der Waals surface area (Å²) in [5.41, 5.74) is 5.77. The van der Waals surface area contributed by atoms with Crippen molar-refractivity contribution >= 4 is 11.0 Å². The van der Waals surface area contributed by atoms with E-state index in [0.29, 0.717) is 17.9 Å². The lowest BCUT2D eigenvalue weighted by Crippen LogP contribution is -2.28. The first kappa shape index (κ1) is 29.7. The van der Waals surface area contributed by atoms with Gasteiger partial charge in [0.2, 0.25) is 0 Å². The molecule has 3 heteroatoms. The third kappa shape index (κ3) is 7.62. The Morgan fingerprint density at radius 1 is 0.763 bits per heavy atom. The SMILES string of the molecule is Cc1cc(=O)oc2cc(OCC=CCC(C)(C)CC(C)(C)c3cc(C(C)(C)C)cc(C(C)(C)C)c3)ccc12. The van der Waals surface area contributed by atoms with Crippen LogP contribution in [0.3, 0.4) is 0 Å². The number of hydrogen-bond donors (Lipinski definition) is 0. The summed E-state index contributed by atoms with van der Waals surface area (Å²) in [7, 11) is 0. The number of allylic oxidation sites excluding steroid dienone is 1. The van der Waals surface area contributed by atoms with E-state index in [1.54, 1.807) is 6.07 Å². The van der Waals surface area contributed by atoms with E-state index in [2.05, 4.69) is 99.6 Å². The fourth-order valence-corrected chi connectivity index (χ4v) is 5.26. The minimum Gasteiger partial charge on any atom is -0.489 e. The molecule has 0 saturated carbocycles. The van der Waals surface area contributed by atoms with Crippen LogP contribution in [0.5, 0.6) is 5.75 Å². The normalized spacial score (nSPS) is 13.4. The maximum atomic E-state index is 11.7. The smallest absolute Gasteiger partial charge is 0.336 e. The minimum atomic E-state index is -0.336. The summed E-state index contributed by atoms with van der Waals surface area (Å²) in [5.74, 6) is 0.699. The highest BCUT2D eigenvalue weighted by molar-refractivity contribution is 5.81. The van der Waals surface area contributed by atoms with Crippen molar-refractivity contribution in [3.8, 4) is 5.75 Å². The first-order valence-electron chi connectivity index (χ1n) is 13.9. The summed E-state index contributed by atoms with van der Waals surface area (Å²) in [6.07, 6.45) is 6.36. The summed E-state index contributed by atoms with van der Waals surface area (Å²) < 4.78 is 11.3. The molecule has 3 nitrogen and oxygen atoms in total. The zero-order valence-electron chi connectivity index (χ0n) is 25.5. The molecule has 0 spiro atoms. The molecule has 2 aromatic carbocycles. The van der Waals surface area contributed by atoms with Gasteiger partial charge in [-0.2, -0.15) is 0 Å². The van der Waals surface area contributed by atoms with Gasteiger partial charge in [-0.1, -0.05) is 99.6 Å². The molecule has 0 aliphatic carbocycles. The van der Waals surface area contributed by atoms with Crippen LogP contribution in [-0.4, -0.2) is 6.61 Å². The topological polar surface area (TPSA) is 39.4 Å². The Morgan fingerprint density at radius 3 is 1.92 bits per heavy atom. The first-order chi connectivity index (χ1) is 17.4. The molecule has 0 bridgehead atoms. The van der Waals surface area contributed by atoms with Crippen molar-refractivity contribution in [1.29, 1.82) is 0 Å². The highest BCUT2D eigenvalue weighted by Gasteiger charge is 2.32. The van der Waals surface area contributed by atoms with Crippen LogP contribution < -0.4 is 10.4 Å². The number of rotatable bonds is 8. The van der Waals surface area contributed by atoms with E-state index in [1.807, 2.05) is 19.1 Å². The molecule has 0 unspecified atom stereocenters. The highest BCUT2D eigenvalue weighted by atomic mass is 16.5. The molecule has 0 radical (unpaired) electrons. The molecule has 3 rings (SSSR count). The summed E-state index contributed by atoms with van der Waals surface area (Å²) in [4.78, 5) is 11.7. The number of benzene rings is 2. The minimum absolute atomic E-state index is 0.0439. The molecular weight excluding hydrogens is 468 g/mol. The maximum Gasteiger partial charge on any atom is 0.336 e. The van der Waals surface area contributed by atoms with Crippen molar-refractivity contribution < 1.29 is 9.15 Å². The van der Waals surface area contributed by atoms with Crippen LogP contribution in [0.15, 0.2) is 63.8 Å². The second-order valence-corrected chi connectivity index (χ2v) is 14.4. The van der Waals surface area contributed by atoms with Gasteiger partial charge in [0.1, 0.15) is 17.9 Å². The standard InChI is InChI=1S/C35H48O3/c1-24-18-31(36)38-30-22-28(14-15-29(24)30)37-17-13-12-16-34(8,9)23-35(10,11)27-20-25(32(2,3)4)19-26(21-27)33(5,6)7/h12-15,18-22H,16-17,23H2,1-11H3. The van der Waals surface area contributed by atoms with Gasteiger partial charge in [-0.15, -0.1) is 0 Å². The average molecular weight is 517 g/mol. The third-order valence-electron chi connectivity index (χ3n) is 7.47. The molecule has 3 aromatic rings. The van der Waals surface area contributed by atoms with E-state index in [9.17, 15) is 4.79 Å². The number of ether oxygens (including phenoxy) is 1. The molecule has 0 saturated heterocycles. The lowest BCUT2D eigenvalue weighted by Gasteiger charge is -2.37. The van der Waals surface area contributed by atoms with Crippen molar-refractivity contribution in [3.05, 3.63) is 87.3 Å². The summed E-state index contributed by atoms with van der Waals surface area (Å²) >= 11 is 0. The van der Waals surface area contributed by atoms with E-state index in [1.165, 1.54) is 22.8 Å². The lowest BCUT2D eigenvalue weighted by atomic mass is 9.68. The van der Waals surface area contributed by atoms with Crippen molar-refractivity contribution in [2.24, 2.45) is 5.41 Å². The maximum absolute atomic E-state index is 11.7. The lowest BCUT2D eigenvalue weighted by molar-refractivity contribution is 0.258. The number of hydrogen-bond acceptors (Lipinski definition) is 3. The molecule has 0 atom stereocenters. The molecular formula is C35H48O3. The second-order valence-electron chi connectivity index (χ2n) is 14.4. The molecule has 0 amide bonds. The monoisotopic (exact) mass is 516 g/mol. The Labute approximate surface area is 230 Å². The molecule has 0 N–H and O–H groups in total. The van der Waals surface area contributed by atoms with Crippen LogP contribution in [0.1, 0.15) is 104 Å². The van der Waals surface area contributed by atoms with E-state index in [-0.39, 0.29) is 27.3 Å². The van der Waals surface area contributed by atoms with Crippen LogP contribution in [0.4, 0.5) is 0 Å². The quantitative estimate of drug-likeness (QED) is 0.221. The average Bonchev–Trinajstić information content (AvgIpc) is 2.76. The summed E-state index contributed by atoms with van der Waals surface area (Å²) in [6, 6.07) is 14.4. The van der Waals surface area contributed by atoms with Gasteiger partial charge in [-0.25, -0.2) is 4.79 Å². The van der Waals surface area contributed by atoms with Crippen molar-refractivity contribution in [3.63, 3.8) is 0 Å². The molecule has 38 heavy (non-hydrogen) atoms. The Kier molecular flexibility index (Phi) is 8.41. The van der Waals surface area contributed by atoms with Crippen LogP contribution in [0, 0.1) is 12.3 Å². The van der Waals surface area contributed by atoms with Gasteiger partial charge in [0.25, 0.3) is 0 Å². The summed E-state index contributed by atoms with van der Waals surface area (Å²) in [5, 5.41) is 0.930. The molecule has 1 heterocycles. The van der Waals surface area contributed by atoms with Crippen LogP contribution in [0.25, 0.3) is 11.0 Å². The Hall–Kier alpha value is -2.81. The van der Waals surface area contributed by atoms with Crippen LogP contribution in [-0.2, 0) is 16.2 Å². The summed E-state index contributed by atoms with van der Waals surface area (Å²) in [6.45, 7) is 25.7.